The molecule has 0 aliphatic carbocycles. The van der Waals surface area contributed by atoms with Crippen LogP contribution in [0.25, 0.3) is 0 Å². The van der Waals surface area contributed by atoms with Crippen molar-refractivity contribution in [3.63, 3.8) is 0 Å². The first-order valence-corrected chi connectivity index (χ1v) is 8.31. The molecule has 114 valence electrons. The molecule has 1 unspecified atom stereocenters. The minimum atomic E-state index is 0.118. The molecule has 1 saturated heterocycles. The Hall–Kier alpha value is -1.81. The summed E-state index contributed by atoms with van der Waals surface area (Å²) in [5.74, 6) is 0.118. The van der Waals surface area contributed by atoms with Crippen molar-refractivity contribution in [1.82, 2.24) is 4.90 Å². The van der Waals surface area contributed by atoms with Crippen LogP contribution in [0.5, 0.6) is 0 Å². The Bertz CT molecular complexity index is 642. The molecule has 1 aliphatic heterocycles. The number of benzene rings is 2. The lowest BCUT2D eigenvalue weighted by Gasteiger charge is -2.41. The summed E-state index contributed by atoms with van der Waals surface area (Å²) < 4.78 is 0.992. The largest absolute Gasteiger partial charge is 0.365 e. The van der Waals surface area contributed by atoms with E-state index in [0.717, 1.165) is 29.7 Å². The van der Waals surface area contributed by atoms with Gasteiger partial charge in [-0.05, 0) is 43.3 Å². The molecule has 2 aromatic rings. The quantitative estimate of drug-likeness (QED) is 0.814. The molecule has 1 heterocycles. The number of nitrogens with zero attached hydrogens (tertiary/aromatic N) is 2. The highest BCUT2D eigenvalue weighted by Gasteiger charge is 2.27. The maximum absolute atomic E-state index is 12.6. The summed E-state index contributed by atoms with van der Waals surface area (Å²) in [6.07, 6.45) is 0. The highest BCUT2D eigenvalue weighted by Crippen LogP contribution is 2.21. The van der Waals surface area contributed by atoms with Gasteiger partial charge in [0.15, 0.2) is 0 Å². The van der Waals surface area contributed by atoms with Gasteiger partial charge in [-0.3, -0.25) is 4.79 Å². The fourth-order valence-electron chi connectivity index (χ4n) is 2.92. The topological polar surface area (TPSA) is 23.6 Å². The van der Waals surface area contributed by atoms with Crippen molar-refractivity contribution in [2.24, 2.45) is 0 Å². The van der Waals surface area contributed by atoms with E-state index in [1.54, 1.807) is 0 Å². The maximum atomic E-state index is 12.6. The third-order valence-electron chi connectivity index (χ3n) is 4.09. The minimum Gasteiger partial charge on any atom is -0.365 e. The Kier molecular flexibility index (Phi) is 4.48. The number of halogens is 1. The Morgan fingerprint density at radius 1 is 1.05 bits per heavy atom. The molecule has 0 aromatic heterocycles. The van der Waals surface area contributed by atoms with Crippen molar-refractivity contribution in [3.05, 3.63) is 64.6 Å². The molecule has 0 radical (unpaired) electrons. The van der Waals surface area contributed by atoms with E-state index >= 15 is 0 Å². The number of hydrogen-bond acceptors (Lipinski definition) is 2. The van der Waals surface area contributed by atoms with Crippen LogP contribution in [0.4, 0.5) is 5.69 Å². The number of hydrogen-bond donors (Lipinski definition) is 0. The molecular formula is C18H19BrN2O. The molecular weight excluding hydrogens is 340 g/mol. The van der Waals surface area contributed by atoms with Gasteiger partial charge in [-0.25, -0.2) is 0 Å². The zero-order chi connectivity index (χ0) is 15.5. The number of anilines is 1. The van der Waals surface area contributed by atoms with Crippen molar-refractivity contribution in [2.45, 2.75) is 13.0 Å². The van der Waals surface area contributed by atoms with Crippen LogP contribution in [0.3, 0.4) is 0 Å². The van der Waals surface area contributed by atoms with Crippen molar-refractivity contribution in [3.8, 4) is 0 Å². The summed E-state index contributed by atoms with van der Waals surface area (Å²) >= 11 is 3.40. The summed E-state index contributed by atoms with van der Waals surface area (Å²) in [4.78, 5) is 16.9. The van der Waals surface area contributed by atoms with Crippen molar-refractivity contribution >= 4 is 27.5 Å². The molecule has 0 spiro atoms. The van der Waals surface area contributed by atoms with E-state index < -0.39 is 0 Å². The molecule has 3 nitrogen and oxygen atoms in total. The zero-order valence-electron chi connectivity index (χ0n) is 12.6. The molecule has 0 bridgehead atoms. The van der Waals surface area contributed by atoms with E-state index in [-0.39, 0.29) is 5.91 Å². The van der Waals surface area contributed by atoms with Crippen LogP contribution in [0, 0.1) is 0 Å². The fraction of sp³-hybridized carbons (Fsp3) is 0.278. The van der Waals surface area contributed by atoms with Gasteiger partial charge in [-0.15, -0.1) is 0 Å². The Morgan fingerprint density at radius 2 is 1.73 bits per heavy atom. The third-order valence-corrected chi connectivity index (χ3v) is 4.62. The Balaban J connectivity index is 1.69. The molecule has 2 aromatic carbocycles. The number of piperazine rings is 1. The second-order valence-corrected chi connectivity index (χ2v) is 6.55. The van der Waals surface area contributed by atoms with Gasteiger partial charge in [0.2, 0.25) is 0 Å². The fourth-order valence-corrected chi connectivity index (χ4v) is 3.18. The van der Waals surface area contributed by atoms with Gasteiger partial charge in [0.1, 0.15) is 0 Å². The molecule has 4 heteroatoms. The number of amides is 1. The number of carbonyl (C=O) groups is 1. The SMILES string of the molecule is CC1CN(C(=O)c2ccc(Br)cc2)CCN1c1ccccc1. The molecule has 1 atom stereocenters. The molecule has 22 heavy (non-hydrogen) atoms. The summed E-state index contributed by atoms with van der Waals surface area (Å²) in [5, 5.41) is 0. The highest BCUT2D eigenvalue weighted by molar-refractivity contribution is 9.10. The van der Waals surface area contributed by atoms with Crippen molar-refractivity contribution in [2.75, 3.05) is 24.5 Å². The van der Waals surface area contributed by atoms with Gasteiger partial charge in [0.05, 0.1) is 0 Å². The minimum absolute atomic E-state index is 0.118. The second-order valence-electron chi connectivity index (χ2n) is 5.64. The lowest BCUT2D eigenvalue weighted by Crippen LogP contribution is -2.53. The molecule has 0 N–H and O–H groups in total. The summed E-state index contributed by atoms with van der Waals surface area (Å²) in [5.41, 5.74) is 1.98. The van der Waals surface area contributed by atoms with Crippen LogP contribution >= 0.6 is 15.9 Å². The number of carbonyl (C=O) groups excluding carboxylic acids is 1. The van der Waals surface area contributed by atoms with Crippen molar-refractivity contribution < 1.29 is 4.79 Å². The zero-order valence-corrected chi connectivity index (χ0v) is 14.2. The molecule has 1 aliphatic rings. The van der Waals surface area contributed by atoms with Crippen LogP contribution in [0.1, 0.15) is 17.3 Å². The highest BCUT2D eigenvalue weighted by atomic mass is 79.9. The maximum Gasteiger partial charge on any atom is 0.253 e. The number of rotatable bonds is 2. The van der Waals surface area contributed by atoms with Gasteiger partial charge >= 0.3 is 0 Å². The summed E-state index contributed by atoms with van der Waals surface area (Å²) in [6, 6.07) is 18.3. The first-order chi connectivity index (χ1) is 10.6. The lowest BCUT2D eigenvalue weighted by molar-refractivity contribution is 0.0726. The van der Waals surface area contributed by atoms with E-state index in [0.29, 0.717) is 6.04 Å². The normalized spacial score (nSPS) is 18.4. The van der Waals surface area contributed by atoms with E-state index in [2.05, 4.69) is 52.0 Å². The smallest absolute Gasteiger partial charge is 0.253 e. The summed E-state index contributed by atoms with van der Waals surface area (Å²) in [6.45, 7) is 4.55. The van der Waals surface area contributed by atoms with Gasteiger partial charge in [0, 0.05) is 41.4 Å². The second kappa shape index (κ2) is 6.53. The van der Waals surface area contributed by atoms with Gasteiger partial charge in [0.25, 0.3) is 5.91 Å². The first-order valence-electron chi connectivity index (χ1n) is 7.51. The predicted octanol–water partition coefficient (Wildman–Crippen LogP) is 3.80. The van der Waals surface area contributed by atoms with E-state index in [1.807, 2.05) is 35.2 Å². The van der Waals surface area contributed by atoms with E-state index in [9.17, 15) is 4.79 Å². The lowest BCUT2D eigenvalue weighted by atomic mass is 10.1. The first kappa shape index (κ1) is 15.1. The van der Waals surface area contributed by atoms with Gasteiger partial charge in [-0.2, -0.15) is 0 Å². The van der Waals surface area contributed by atoms with Crippen molar-refractivity contribution in [1.29, 1.82) is 0 Å². The third kappa shape index (κ3) is 3.17. The van der Waals surface area contributed by atoms with E-state index in [1.165, 1.54) is 5.69 Å². The van der Waals surface area contributed by atoms with Gasteiger partial charge < -0.3 is 9.80 Å². The predicted molar refractivity (Wildman–Crippen MR) is 93.3 cm³/mol. The summed E-state index contributed by atoms with van der Waals surface area (Å²) in [7, 11) is 0. The Labute approximate surface area is 139 Å². The molecule has 1 fully saturated rings. The van der Waals surface area contributed by atoms with Crippen LogP contribution in [0.2, 0.25) is 0 Å². The van der Waals surface area contributed by atoms with Crippen LogP contribution < -0.4 is 4.90 Å². The van der Waals surface area contributed by atoms with E-state index in [4.69, 9.17) is 0 Å². The monoisotopic (exact) mass is 358 g/mol. The molecule has 1 amide bonds. The average Bonchev–Trinajstić information content (AvgIpc) is 2.55. The molecule has 0 saturated carbocycles. The van der Waals surface area contributed by atoms with Gasteiger partial charge in [-0.1, -0.05) is 34.1 Å². The molecule has 3 rings (SSSR count). The average molecular weight is 359 g/mol. The number of para-hydroxylation sites is 1. The van der Waals surface area contributed by atoms with Crippen LogP contribution in [-0.4, -0.2) is 36.5 Å². The Morgan fingerprint density at radius 3 is 2.36 bits per heavy atom. The standard InChI is InChI=1S/C18H19BrN2O/c1-14-13-20(18(22)15-7-9-16(19)10-8-15)11-12-21(14)17-5-3-2-4-6-17/h2-10,14H,11-13H2,1H3. The van der Waals surface area contributed by atoms with Crippen LogP contribution in [0.15, 0.2) is 59.1 Å². The van der Waals surface area contributed by atoms with Crippen LogP contribution in [-0.2, 0) is 0 Å².